The van der Waals surface area contributed by atoms with Crippen LogP contribution >= 0.6 is 11.8 Å². The number of amides is 3. The van der Waals surface area contributed by atoms with E-state index in [1.807, 2.05) is 51.1 Å². The molecule has 0 radical (unpaired) electrons. The van der Waals surface area contributed by atoms with E-state index in [0.29, 0.717) is 13.1 Å². The van der Waals surface area contributed by atoms with E-state index in [1.54, 1.807) is 45.5 Å². The highest BCUT2D eigenvalue weighted by molar-refractivity contribution is 8.02. The van der Waals surface area contributed by atoms with Crippen molar-refractivity contribution >= 4 is 35.2 Å². The van der Waals surface area contributed by atoms with Crippen LogP contribution in [-0.2, 0) is 14.4 Å². The normalized spacial score (nSPS) is 30.6. The average molecular weight is 540 g/mol. The number of para-hydroxylation sites is 1. The third-order valence-electron chi connectivity index (χ3n) is 8.47. The molecule has 1 aromatic carbocycles. The zero-order valence-electron chi connectivity index (χ0n) is 23.2. The maximum Gasteiger partial charge on any atom is 0.247 e. The molecule has 1 N–H and O–H groups in total. The van der Waals surface area contributed by atoms with E-state index in [-0.39, 0.29) is 35.5 Å². The summed E-state index contributed by atoms with van der Waals surface area (Å²) in [7, 11) is 0. The number of anilines is 1. The molecule has 7 nitrogen and oxygen atoms in total. The summed E-state index contributed by atoms with van der Waals surface area (Å²) < 4.78 is -0.746. The molecule has 8 heteroatoms. The summed E-state index contributed by atoms with van der Waals surface area (Å²) in [4.78, 5) is 48.1. The number of hydrogen-bond acceptors (Lipinski definition) is 5. The number of rotatable bonds is 9. The molecular formula is C30H41N3O4S. The Balaban J connectivity index is 1.83. The predicted octanol–water partition coefficient (Wildman–Crippen LogP) is 3.74. The molecule has 0 saturated carbocycles. The first kappa shape index (κ1) is 28.4. The van der Waals surface area contributed by atoms with Gasteiger partial charge in [-0.15, -0.1) is 24.9 Å². The van der Waals surface area contributed by atoms with Gasteiger partial charge in [-0.05, 0) is 52.2 Å². The van der Waals surface area contributed by atoms with Gasteiger partial charge in [0.25, 0.3) is 0 Å². The minimum absolute atomic E-state index is 0.0514. The molecule has 3 fully saturated rings. The lowest BCUT2D eigenvalue weighted by Crippen LogP contribution is -2.61. The van der Waals surface area contributed by atoms with Crippen LogP contribution in [0.4, 0.5) is 5.69 Å². The van der Waals surface area contributed by atoms with Crippen molar-refractivity contribution in [1.29, 1.82) is 0 Å². The molecule has 3 aliphatic rings. The Kier molecular flexibility index (Phi) is 7.88. The number of likely N-dealkylation sites (tertiary alicyclic amines) is 1. The Labute approximate surface area is 230 Å². The SMILES string of the molecule is C=CCN(C(=O)[C@@H]1[C@H]2C(=O)N([C@H](C)CO)C(C(=O)N(CC=C)C(C)(C)C)C23S[C@@H]1CC3C)c1ccccc1. The number of benzene rings is 1. The molecule has 7 atom stereocenters. The standard InChI is InChI=1S/C30H41N3O4S/c1-8-15-31(21-13-11-10-12-14-21)26(35)23-22-17-19(3)30(38-22)24(23)27(36)33(20(4)18-34)25(30)28(37)32(16-9-2)29(5,6)7/h8-14,19-20,22-25,34H,1-2,15-18H2,3-7H3/t19?,20-,22-,23+,24+,25?,30?/m1/s1. The Morgan fingerprint density at radius 1 is 1.18 bits per heavy atom. The number of aliphatic hydroxyl groups is 1. The molecule has 3 unspecified atom stereocenters. The number of fused-ring (bicyclic) bond motifs is 1. The first-order chi connectivity index (χ1) is 17.9. The molecular weight excluding hydrogens is 498 g/mol. The van der Waals surface area contributed by atoms with Crippen molar-refractivity contribution in [2.24, 2.45) is 17.8 Å². The lowest BCUT2D eigenvalue weighted by molar-refractivity contribution is -0.147. The van der Waals surface area contributed by atoms with E-state index in [9.17, 15) is 19.5 Å². The minimum Gasteiger partial charge on any atom is -0.394 e. The summed E-state index contributed by atoms with van der Waals surface area (Å²) >= 11 is 1.65. The van der Waals surface area contributed by atoms with Gasteiger partial charge in [-0.3, -0.25) is 14.4 Å². The summed E-state index contributed by atoms with van der Waals surface area (Å²) in [6.07, 6.45) is 4.16. The van der Waals surface area contributed by atoms with Crippen molar-refractivity contribution < 1.29 is 19.5 Å². The van der Waals surface area contributed by atoms with Crippen molar-refractivity contribution in [2.45, 2.75) is 68.7 Å². The Bertz CT molecular complexity index is 1100. The summed E-state index contributed by atoms with van der Waals surface area (Å²) in [5, 5.41) is 10.1. The second-order valence-corrected chi connectivity index (χ2v) is 13.4. The summed E-state index contributed by atoms with van der Waals surface area (Å²) in [6, 6.07) is 8.13. The van der Waals surface area contributed by atoms with Crippen LogP contribution in [0.3, 0.4) is 0 Å². The van der Waals surface area contributed by atoms with Gasteiger partial charge in [-0.1, -0.05) is 37.3 Å². The van der Waals surface area contributed by atoms with E-state index in [1.165, 1.54) is 0 Å². The maximum atomic E-state index is 14.4. The average Bonchev–Trinajstić information content (AvgIpc) is 3.48. The van der Waals surface area contributed by atoms with E-state index >= 15 is 0 Å². The highest BCUT2D eigenvalue weighted by atomic mass is 32.2. The zero-order valence-corrected chi connectivity index (χ0v) is 24.0. The molecule has 2 bridgehead atoms. The van der Waals surface area contributed by atoms with Crippen molar-refractivity contribution in [1.82, 2.24) is 9.80 Å². The van der Waals surface area contributed by atoms with Gasteiger partial charge in [0.15, 0.2) is 0 Å². The molecule has 206 valence electrons. The Morgan fingerprint density at radius 2 is 1.82 bits per heavy atom. The van der Waals surface area contributed by atoms with Crippen LogP contribution in [0.5, 0.6) is 0 Å². The van der Waals surface area contributed by atoms with Crippen LogP contribution in [0.2, 0.25) is 0 Å². The lowest BCUT2D eigenvalue weighted by atomic mass is 9.65. The van der Waals surface area contributed by atoms with Gasteiger partial charge in [-0.25, -0.2) is 0 Å². The zero-order chi connectivity index (χ0) is 28.0. The van der Waals surface area contributed by atoms with Crippen LogP contribution in [0.1, 0.15) is 41.0 Å². The minimum atomic E-state index is -0.770. The first-order valence-corrected chi connectivity index (χ1v) is 14.3. The van der Waals surface area contributed by atoms with Crippen molar-refractivity contribution in [3.63, 3.8) is 0 Å². The van der Waals surface area contributed by atoms with E-state index in [0.717, 1.165) is 12.1 Å². The number of carbonyl (C=O) groups is 3. The number of thioether (sulfide) groups is 1. The van der Waals surface area contributed by atoms with Gasteiger partial charge in [0.05, 0.1) is 29.2 Å². The second kappa shape index (κ2) is 10.5. The third-order valence-corrected chi connectivity index (χ3v) is 10.6. The first-order valence-electron chi connectivity index (χ1n) is 13.5. The molecule has 4 rings (SSSR count). The Hall–Kier alpha value is -2.58. The fourth-order valence-electron chi connectivity index (χ4n) is 6.79. The fraction of sp³-hybridized carbons (Fsp3) is 0.567. The third kappa shape index (κ3) is 4.30. The molecule has 0 aliphatic carbocycles. The molecule has 38 heavy (non-hydrogen) atoms. The second-order valence-electron chi connectivity index (χ2n) is 11.8. The van der Waals surface area contributed by atoms with Gasteiger partial charge in [0.2, 0.25) is 17.7 Å². The number of nitrogens with zero attached hydrogens (tertiary/aromatic N) is 3. The van der Waals surface area contributed by atoms with Gasteiger partial charge >= 0.3 is 0 Å². The quantitative estimate of drug-likeness (QED) is 0.484. The summed E-state index contributed by atoms with van der Waals surface area (Å²) in [5.41, 5.74) is 0.265. The van der Waals surface area contributed by atoms with Gasteiger partial charge < -0.3 is 19.8 Å². The van der Waals surface area contributed by atoms with Crippen molar-refractivity contribution in [3.05, 3.63) is 55.6 Å². The number of hydrogen-bond donors (Lipinski definition) is 1. The molecule has 3 heterocycles. The van der Waals surface area contributed by atoms with Gasteiger partial charge in [0.1, 0.15) is 6.04 Å². The molecule has 1 aromatic rings. The van der Waals surface area contributed by atoms with Crippen LogP contribution < -0.4 is 4.90 Å². The van der Waals surface area contributed by atoms with Gasteiger partial charge in [-0.2, -0.15) is 0 Å². The predicted molar refractivity (Wildman–Crippen MR) is 153 cm³/mol. The molecule has 3 amide bonds. The van der Waals surface area contributed by atoms with Crippen molar-refractivity contribution in [3.8, 4) is 0 Å². The summed E-state index contributed by atoms with van der Waals surface area (Å²) in [6.45, 7) is 17.9. The lowest BCUT2D eigenvalue weighted by Gasteiger charge is -2.45. The van der Waals surface area contributed by atoms with Crippen LogP contribution in [0.25, 0.3) is 0 Å². The number of carbonyl (C=O) groups excluding carboxylic acids is 3. The van der Waals surface area contributed by atoms with Gasteiger partial charge in [0, 0.05) is 29.6 Å². The molecule has 3 saturated heterocycles. The molecule has 1 spiro atoms. The fourth-order valence-corrected chi connectivity index (χ4v) is 9.19. The maximum absolute atomic E-state index is 14.4. The van der Waals surface area contributed by atoms with Crippen molar-refractivity contribution in [2.75, 3.05) is 24.6 Å². The van der Waals surface area contributed by atoms with Crippen LogP contribution in [0, 0.1) is 17.8 Å². The van der Waals surface area contributed by atoms with Crippen LogP contribution in [0.15, 0.2) is 55.6 Å². The monoisotopic (exact) mass is 539 g/mol. The van der Waals surface area contributed by atoms with E-state index in [2.05, 4.69) is 20.1 Å². The van der Waals surface area contributed by atoms with E-state index in [4.69, 9.17) is 0 Å². The van der Waals surface area contributed by atoms with Crippen LogP contribution in [-0.4, -0.2) is 79.9 Å². The highest BCUT2D eigenvalue weighted by Crippen LogP contribution is 2.69. The number of aliphatic hydroxyl groups excluding tert-OH is 1. The highest BCUT2D eigenvalue weighted by Gasteiger charge is 2.77. The smallest absolute Gasteiger partial charge is 0.247 e. The largest absolute Gasteiger partial charge is 0.394 e. The topological polar surface area (TPSA) is 81.2 Å². The molecule has 0 aromatic heterocycles. The Morgan fingerprint density at radius 3 is 2.37 bits per heavy atom. The summed E-state index contributed by atoms with van der Waals surface area (Å²) in [5.74, 6) is -1.60. The van der Waals surface area contributed by atoms with E-state index < -0.39 is 34.2 Å². The molecule has 3 aliphatic heterocycles.